The fraction of sp³-hybridized carbons (Fsp3) is 0.409. The van der Waals surface area contributed by atoms with E-state index in [1.165, 1.54) is 0 Å². The first-order valence-electron chi connectivity index (χ1n) is 9.80. The third kappa shape index (κ3) is 7.54. The maximum Gasteiger partial charge on any atom is 0.324 e. The van der Waals surface area contributed by atoms with Gasteiger partial charge in [0.2, 0.25) is 5.91 Å². The van der Waals surface area contributed by atoms with Gasteiger partial charge >= 0.3 is 5.97 Å². The monoisotopic (exact) mass is 400 g/mol. The molecule has 29 heavy (non-hydrogen) atoms. The molecule has 1 unspecified atom stereocenters. The topological polar surface area (TPSA) is 86.8 Å². The highest BCUT2D eigenvalue weighted by molar-refractivity contribution is 6.03. The Hall–Kier alpha value is -2.93. The number of carbonyl (C=O) groups is 2. The molecule has 1 heterocycles. The third-order valence-electron chi connectivity index (χ3n) is 4.10. The molecule has 0 aliphatic carbocycles. The molecule has 0 saturated heterocycles. The number of rotatable bonds is 12. The van der Waals surface area contributed by atoms with E-state index in [2.05, 4.69) is 10.3 Å². The molecule has 156 valence electrons. The van der Waals surface area contributed by atoms with Crippen LogP contribution in [0.1, 0.15) is 31.0 Å². The molecule has 0 aliphatic rings. The number of ether oxygens (including phenoxy) is 3. The van der Waals surface area contributed by atoms with Gasteiger partial charge in [0.1, 0.15) is 12.4 Å². The van der Waals surface area contributed by atoms with Crippen LogP contribution in [0, 0.1) is 0 Å². The van der Waals surface area contributed by atoms with E-state index in [1.54, 1.807) is 31.3 Å². The van der Waals surface area contributed by atoms with Gasteiger partial charge in [0.15, 0.2) is 5.92 Å². The van der Waals surface area contributed by atoms with E-state index in [9.17, 15) is 9.59 Å². The molecule has 1 aromatic heterocycles. The van der Waals surface area contributed by atoms with Crippen LogP contribution in [0.15, 0.2) is 48.7 Å². The minimum Gasteiger partial charge on any atom is -0.491 e. The Morgan fingerprint density at radius 1 is 1.03 bits per heavy atom. The van der Waals surface area contributed by atoms with Crippen molar-refractivity contribution < 1.29 is 23.8 Å². The smallest absolute Gasteiger partial charge is 0.324 e. The molecule has 1 amide bonds. The summed E-state index contributed by atoms with van der Waals surface area (Å²) in [6, 6.07) is 12.8. The van der Waals surface area contributed by atoms with E-state index >= 15 is 0 Å². The summed E-state index contributed by atoms with van der Waals surface area (Å²) in [6.45, 7) is 5.98. The largest absolute Gasteiger partial charge is 0.491 e. The lowest BCUT2D eigenvalue weighted by atomic mass is 10.0. The summed E-state index contributed by atoms with van der Waals surface area (Å²) in [4.78, 5) is 29.0. The van der Waals surface area contributed by atoms with Crippen molar-refractivity contribution in [1.29, 1.82) is 0 Å². The molecule has 1 atom stereocenters. The Balaban J connectivity index is 1.86. The molecule has 0 saturated carbocycles. The maximum absolute atomic E-state index is 12.6. The number of hydrogen-bond acceptors (Lipinski definition) is 6. The normalized spacial score (nSPS) is 11.5. The van der Waals surface area contributed by atoms with Crippen LogP contribution < -0.4 is 10.1 Å². The van der Waals surface area contributed by atoms with Crippen LogP contribution in [0.2, 0.25) is 0 Å². The zero-order valence-corrected chi connectivity index (χ0v) is 16.9. The van der Waals surface area contributed by atoms with E-state index < -0.39 is 17.8 Å². The van der Waals surface area contributed by atoms with Gasteiger partial charge < -0.3 is 19.5 Å². The number of pyridine rings is 1. The first kappa shape index (κ1) is 22.4. The van der Waals surface area contributed by atoms with Gasteiger partial charge in [0.25, 0.3) is 0 Å². The lowest BCUT2D eigenvalue weighted by Crippen LogP contribution is -2.36. The van der Waals surface area contributed by atoms with Crippen molar-refractivity contribution in [2.75, 3.05) is 33.0 Å². The van der Waals surface area contributed by atoms with Gasteiger partial charge in [-0.05, 0) is 50.1 Å². The van der Waals surface area contributed by atoms with Crippen LogP contribution >= 0.6 is 0 Å². The molecule has 1 N–H and O–H groups in total. The predicted octanol–water partition coefficient (Wildman–Crippen LogP) is 2.50. The zero-order valence-electron chi connectivity index (χ0n) is 16.9. The Kier molecular flexibility index (Phi) is 9.65. The maximum atomic E-state index is 12.6. The van der Waals surface area contributed by atoms with Crippen LogP contribution in [-0.4, -0.2) is 49.8 Å². The first-order valence-corrected chi connectivity index (χ1v) is 9.80. The number of esters is 1. The minimum absolute atomic E-state index is 0.203. The number of nitrogens with one attached hydrogen (secondary N) is 1. The van der Waals surface area contributed by atoms with Crippen molar-refractivity contribution in [2.45, 2.75) is 26.2 Å². The highest BCUT2D eigenvalue weighted by atomic mass is 16.5. The van der Waals surface area contributed by atoms with Crippen molar-refractivity contribution in [3.8, 4) is 5.75 Å². The summed E-state index contributed by atoms with van der Waals surface area (Å²) in [5, 5.41) is 2.80. The Labute approximate surface area is 171 Å². The summed E-state index contributed by atoms with van der Waals surface area (Å²) in [6.07, 6.45) is 2.18. The summed E-state index contributed by atoms with van der Waals surface area (Å²) in [5.74, 6) is -1.32. The van der Waals surface area contributed by atoms with E-state index in [0.29, 0.717) is 38.5 Å². The average Bonchev–Trinajstić information content (AvgIpc) is 2.73. The fourth-order valence-corrected chi connectivity index (χ4v) is 2.68. The number of hydrogen-bond donors (Lipinski definition) is 1. The number of carbonyl (C=O) groups excluding carboxylic acids is 2. The van der Waals surface area contributed by atoms with Crippen LogP contribution in [-0.2, 0) is 25.5 Å². The van der Waals surface area contributed by atoms with Gasteiger partial charge in [0.05, 0.1) is 18.9 Å². The minimum atomic E-state index is -1.07. The lowest BCUT2D eigenvalue weighted by Gasteiger charge is -2.15. The molecular weight excluding hydrogens is 372 g/mol. The second kappa shape index (κ2) is 12.5. The second-order valence-corrected chi connectivity index (χ2v) is 6.17. The summed E-state index contributed by atoms with van der Waals surface area (Å²) >= 11 is 0. The van der Waals surface area contributed by atoms with Crippen LogP contribution in [0.4, 0.5) is 0 Å². The number of nitrogens with zero attached hydrogens (tertiary/aromatic N) is 1. The Morgan fingerprint density at radius 2 is 1.83 bits per heavy atom. The van der Waals surface area contributed by atoms with Crippen molar-refractivity contribution in [2.24, 2.45) is 0 Å². The van der Waals surface area contributed by atoms with Gasteiger partial charge in [-0.25, -0.2) is 0 Å². The van der Waals surface area contributed by atoms with E-state index in [4.69, 9.17) is 14.2 Å². The van der Waals surface area contributed by atoms with Crippen molar-refractivity contribution in [3.63, 3.8) is 0 Å². The molecule has 0 fully saturated rings. The number of amides is 1. The Morgan fingerprint density at radius 3 is 2.48 bits per heavy atom. The van der Waals surface area contributed by atoms with Crippen molar-refractivity contribution in [1.82, 2.24) is 10.3 Å². The average molecular weight is 400 g/mol. The zero-order chi connectivity index (χ0) is 20.9. The highest BCUT2D eigenvalue weighted by Crippen LogP contribution is 2.16. The second-order valence-electron chi connectivity index (χ2n) is 6.17. The number of benzene rings is 1. The summed E-state index contributed by atoms with van der Waals surface area (Å²) < 4.78 is 15.9. The van der Waals surface area contributed by atoms with E-state index in [-0.39, 0.29) is 6.61 Å². The molecule has 1 aromatic carbocycles. The van der Waals surface area contributed by atoms with Crippen molar-refractivity contribution >= 4 is 11.9 Å². The third-order valence-corrected chi connectivity index (χ3v) is 4.10. The van der Waals surface area contributed by atoms with Gasteiger partial charge in [0, 0.05) is 19.3 Å². The van der Waals surface area contributed by atoms with Gasteiger partial charge in [-0.15, -0.1) is 0 Å². The molecule has 0 spiro atoms. The highest BCUT2D eigenvalue weighted by Gasteiger charge is 2.30. The standard InChI is InChI=1S/C22H28N2O5/c1-3-27-15-16-29-18-10-8-17(9-11-18)12-14-24-21(25)20(22(26)28-4-2)19-7-5-6-13-23-19/h5-11,13,20H,3-4,12,14-16H2,1-2H3,(H,24,25). The molecular formula is C22H28N2O5. The quantitative estimate of drug-likeness (QED) is 0.335. The molecule has 7 heteroatoms. The fourth-order valence-electron chi connectivity index (χ4n) is 2.68. The molecule has 0 radical (unpaired) electrons. The van der Waals surface area contributed by atoms with E-state index in [0.717, 1.165) is 11.3 Å². The van der Waals surface area contributed by atoms with Gasteiger partial charge in [-0.2, -0.15) is 0 Å². The lowest BCUT2D eigenvalue weighted by molar-refractivity contribution is -0.148. The molecule has 2 rings (SSSR count). The van der Waals surface area contributed by atoms with Crippen molar-refractivity contribution in [3.05, 3.63) is 59.9 Å². The SMILES string of the molecule is CCOCCOc1ccc(CCNC(=O)C(C(=O)OCC)c2ccccn2)cc1. The van der Waals surface area contributed by atoms with Gasteiger partial charge in [-0.1, -0.05) is 18.2 Å². The molecule has 7 nitrogen and oxygen atoms in total. The summed E-state index contributed by atoms with van der Waals surface area (Å²) in [7, 11) is 0. The van der Waals surface area contributed by atoms with Crippen LogP contribution in [0.25, 0.3) is 0 Å². The van der Waals surface area contributed by atoms with Crippen LogP contribution in [0.3, 0.4) is 0 Å². The number of aromatic nitrogens is 1. The van der Waals surface area contributed by atoms with Crippen LogP contribution in [0.5, 0.6) is 5.75 Å². The van der Waals surface area contributed by atoms with Gasteiger partial charge in [-0.3, -0.25) is 14.6 Å². The predicted molar refractivity (Wildman–Crippen MR) is 109 cm³/mol. The summed E-state index contributed by atoms with van der Waals surface area (Å²) in [5.41, 5.74) is 1.42. The Bertz CT molecular complexity index is 750. The van der Waals surface area contributed by atoms with E-state index in [1.807, 2.05) is 31.2 Å². The molecule has 0 aliphatic heterocycles. The molecule has 0 bridgehead atoms. The molecule has 2 aromatic rings. The first-order chi connectivity index (χ1) is 14.2.